The lowest BCUT2D eigenvalue weighted by Gasteiger charge is -2.14. The first-order chi connectivity index (χ1) is 8.50. The molecule has 0 saturated heterocycles. The Labute approximate surface area is 114 Å². The Morgan fingerprint density at radius 1 is 1.33 bits per heavy atom. The summed E-state index contributed by atoms with van der Waals surface area (Å²) in [4.78, 5) is 14.2. The van der Waals surface area contributed by atoms with E-state index < -0.39 is 0 Å². The summed E-state index contributed by atoms with van der Waals surface area (Å²) in [6.45, 7) is 3.76. The zero-order valence-electron chi connectivity index (χ0n) is 11.2. The van der Waals surface area contributed by atoms with E-state index in [1.165, 1.54) is 0 Å². The van der Waals surface area contributed by atoms with E-state index in [4.69, 9.17) is 11.6 Å². The SMILES string of the molecule is CC(NCCCN(C)C)C(=O)c1ccc(Cl)cc1. The van der Waals surface area contributed by atoms with E-state index in [1.54, 1.807) is 24.3 Å². The lowest BCUT2D eigenvalue weighted by atomic mass is 10.1. The lowest BCUT2D eigenvalue weighted by molar-refractivity contribution is 0.0951. The van der Waals surface area contributed by atoms with Crippen LogP contribution in [-0.4, -0.2) is 43.9 Å². The third-order valence-electron chi connectivity index (χ3n) is 2.75. The third-order valence-corrected chi connectivity index (χ3v) is 3.01. The third kappa shape index (κ3) is 5.17. The summed E-state index contributed by atoms with van der Waals surface area (Å²) in [5.41, 5.74) is 0.701. The Morgan fingerprint density at radius 3 is 2.50 bits per heavy atom. The molecule has 0 aliphatic carbocycles. The van der Waals surface area contributed by atoms with Crippen molar-refractivity contribution in [1.29, 1.82) is 0 Å². The van der Waals surface area contributed by atoms with Crippen molar-refractivity contribution < 1.29 is 4.79 Å². The maximum atomic E-state index is 12.1. The Morgan fingerprint density at radius 2 is 1.94 bits per heavy atom. The minimum atomic E-state index is -0.159. The van der Waals surface area contributed by atoms with Gasteiger partial charge in [0.1, 0.15) is 0 Å². The quantitative estimate of drug-likeness (QED) is 0.609. The van der Waals surface area contributed by atoms with E-state index in [2.05, 4.69) is 10.2 Å². The predicted octanol–water partition coefficient (Wildman–Crippen LogP) is 2.45. The van der Waals surface area contributed by atoms with Gasteiger partial charge in [0.15, 0.2) is 5.78 Å². The molecule has 1 unspecified atom stereocenters. The summed E-state index contributed by atoms with van der Waals surface area (Å²) in [5.74, 6) is 0.108. The Balaban J connectivity index is 2.39. The standard InChI is InChI=1S/C14H21ClN2O/c1-11(16-9-4-10-17(2)3)14(18)12-5-7-13(15)8-6-12/h5-8,11,16H,4,9-10H2,1-3H3. The molecular formula is C14H21ClN2O. The van der Waals surface area contributed by atoms with Gasteiger partial charge in [0, 0.05) is 10.6 Å². The molecule has 100 valence electrons. The number of nitrogens with one attached hydrogen (secondary N) is 1. The lowest BCUT2D eigenvalue weighted by Crippen LogP contribution is -2.35. The fourth-order valence-electron chi connectivity index (χ4n) is 1.67. The van der Waals surface area contributed by atoms with Crippen molar-refractivity contribution >= 4 is 17.4 Å². The Kier molecular flexibility index (Phi) is 6.33. The molecule has 1 N–H and O–H groups in total. The summed E-state index contributed by atoms with van der Waals surface area (Å²) >= 11 is 5.80. The van der Waals surface area contributed by atoms with Gasteiger partial charge < -0.3 is 10.2 Å². The highest BCUT2D eigenvalue weighted by molar-refractivity contribution is 6.30. The van der Waals surface area contributed by atoms with Gasteiger partial charge in [0.2, 0.25) is 0 Å². The predicted molar refractivity (Wildman–Crippen MR) is 76.4 cm³/mol. The Hall–Kier alpha value is -0.900. The summed E-state index contributed by atoms with van der Waals surface area (Å²) in [7, 11) is 4.09. The summed E-state index contributed by atoms with van der Waals surface area (Å²) in [6, 6.07) is 6.86. The van der Waals surface area contributed by atoms with Gasteiger partial charge in [-0.2, -0.15) is 0 Å². The molecule has 4 heteroatoms. The molecule has 0 radical (unpaired) electrons. The maximum Gasteiger partial charge on any atom is 0.179 e. The summed E-state index contributed by atoms with van der Waals surface area (Å²) in [6.07, 6.45) is 1.03. The van der Waals surface area contributed by atoms with E-state index >= 15 is 0 Å². The number of ketones is 1. The first-order valence-corrected chi connectivity index (χ1v) is 6.56. The fraction of sp³-hybridized carbons (Fsp3) is 0.500. The van der Waals surface area contributed by atoms with Crippen LogP contribution in [0.25, 0.3) is 0 Å². The first-order valence-electron chi connectivity index (χ1n) is 6.18. The second-order valence-corrected chi connectivity index (χ2v) is 5.14. The highest BCUT2D eigenvalue weighted by Gasteiger charge is 2.13. The van der Waals surface area contributed by atoms with Crippen molar-refractivity contribution in [3.63, 3.8) is 0 Å². The molecule has 0 heterocycles. The van der Waals surface area contributed by atoms with Crippen LogP contribution >= 0.6 is 11.6 Å². The van der Waals surface area contributed by atoms with Gasteiger partial charge in [-0.1, -0.05) is 11.6 Å². The van der Waals surface area contributed by atoms with E-state index in [9.17, 15) is 4.79 Å². The number of Topliss-reactive ketones (excluding diaryl/α,β-unsaturated/α-hetero) is 1. The van der Waals surface area contributed by atoms with Gasteiger partial charge in [0.25, 0.3) is 0 Å². The van der Waals surface area contributed by atoms with Crippen molar-refractivity contribution in [2.45, 2.75) is 19.4 Å². The van der Waals surface area contributed by atoms with Crippen LogP contribution in [0.15, 0.2) is 24.3 Å². The Bertz CT molecular complexity index is 376. The van der Waals surface area contributed by atoms with Crippen molar-refractivity contribution in [1.82, 2.24) is 10.2 Å². The van der Waals surface area contributed by atoms with Gasteiger partial charge in [-0.15, -0.1) is 0 Å². The number of carbonyl (C=O) groups excluding carboxylic acids is 1. The van der Waals surface area contributed by atoms with Crippen molar-refractivity contribution in [2.24, 2.45) is 0 Å². The molecule has 1 aromatic rings. The number of carbonyl (C=O) groups is 1. The molecule has 0 aliphatic heterocycles. The van der Waals surface area contributed by atoms with Gasteiger partial charge in [-0.25, -0.2) is 0 Å². The van der Waals surface area contributed by atoms with E-state index in [0.717, 1.165) is 19.5 Å². The number of hydrogen-bond acceptors (Lipinski definition) is 3. The molecule has 0 fully saturated rings. The monoisotopic (exact) mass is 268 g/mol. The van der Waals surface area contributed by atoms with Gasteiger partial charge >= 0.3 is 0 Å². The number of benzene rings is 1. The normalized spacial score (nSPS) is 12.7. The van der Waals surface area contributed by atoms with Crippen LogP contribution in [0.1, 0.15) is 23.7 Å². The largest absolute Gasteiger partial charge is 0.309 e. The average Bonchev–Trinajstić information content (AvgIpc) is 2.34. The van der Waals surface area contributed by atoms with Crippen LogP contribution in [0.2, 0.25) is 5.02 Å². The van der Waals surface area contributed by atoms with Crippen LogP contribution in [0.3, 0.4) is 0 Å². The molecule has 18 heavy (non-hydrogen) atoms. The molecule has 3 nitrogen and oxygen atoms in total. The van der Waals surface area contributed by atoms with E-state index in [-0.39, 0.29) is 11.8 Å². The van der Waals surface area contributed by atoms with E-state index in [0.29, 0.717) is 10.6 Å². The molecule has 1 aromatic carbocycles. The maximum absolute atomic E-state index is 12.1. The van der Waals surface area contributed by atoms with Gasteiger partial charge in [-0.3, -0.25) is 4.79 Å². The summed E-state index contributed by atoms with van der Waals surface area (Å²) in [5, 5.41) is 3.89. The van der Waals surface area contributed by atoms with Crippen LogP contribution in [0.4, 0.5) is 0 Å². The van der Waals surface area contributed by atoms with Crippen molar-refractivity contribution in [2.75, 3.05) is 27.2 Å². The molecule has 0 bridgehead atoms. The molecule has 1 rings (SSSR count). The fourth-order valence-corrected chi connectivity index (χ4v) is 1.80. The molecular weight excluding hydrogens is 248 g/mol. The number of rotatable bonds is 7. The minimum absolute atomic E-state index is 0.108. The first kappa shape index (κ1) is 15.2. The minimum Gasteiger partial charge on any atom is -0.309 e. The number of hydrogen-bond donors (Lipinski definition) is 1. The van der Waals surface area contributed by atoms with E-state index in [1.807, 2.05) is 21.0 Å². The summed E-state index contributed by atoms with van der Waals surface area (Å²) < 4.78 is 0. The van der Waals surface area contributed by atoms with Crippen LogP contribution in [0.5, 0.6) is 0 Å². The second-order valence-electron chi connectivity index (χ2n) is 4.70. The second kappa shape index (κ2) is 7.52. The molecule has 0 amide bonds. The highest BCUT2D eigenvalue weighted by atomic mass is 35.5. The van der Waals surface area contributed by atoms with Crippen LogP contribution in [0, 0.1) is 0 Å². The van der Waals surface area contributed by atoms with Crippen molar-refractivity contribution in [3.8, 4) is 0 Å². The average molecular weight is 269 g/mol. The zero-order valence-corrected chi connectivity index (χ0v) is 12.0. The molecule has 0 aromatic heterocycles. The van der Waals surface area contributed by atoms with Crippen LogP contribution < -0.4 is 5.32 Å². The highest BCUT2D eigenvalue weighted by Crippen LogP contribution is 2.11. The van der Waals surface area contributed by atoms with Crippen molar-refractivity contribution in [3.05, 3.63) is 34.9 Å². The van der Waals surface area contributed by atoms with Crippen LogP contribution in [-0.2, 0) is 0 Å². The van der Waals surface area contributed by atoms with Gasteiger partial charge in [0.05, 0.1) is 6.04 Å². The smallest absolute Gasteiger partial charge is 0.179 e. The molecule has 0 saturated carbocycles. The van der Waals surface area contributed by atoms with Gasteiger partial charge in [-0.05, 0) is 64.8 Å². The zero-order chi connectivity index (χ0) is 13.5. The molecule has 1 atom stereocenters. The molecule has 0 aliphatic rings. The number of halogens is 1. The topological polar surface area (TPSA) is 32.3 Å². The molecule has 0 spiro atoms. The number of nitrogens with zero attached hydrogens (tertiary/aromatic N) is 1.